The molecule has 0 spiro atoms. The van der Waals surface area contributed by atoms with Crippen LogP contribution in [0.3, 0.4) is 0 Å². The van der Waals surface area contributed by atoms with Crippen LogP contribution in [0.1, 0.15) is 27.2 Å². The zero-order valence-corrected chi connectivity index (χ0v) is 16.5. The number of anilines is 1. The fourth-order valence-corrected chi connectivity index (χ4v) is 3.36. The zero-order chi connectivity index (χ0) is 21.5. The van der Waals surface area contributed by atoms with E-state index in [1.165, 1.54) is 6.26 Å². The molecular weight excluding hydrogens is 417 g/mol. The summed E-state index contributed by atoms with van der Waals surface area (Å²) in [5.41, 5.74) is 2.51. The van der Waals surface area contributed by atoms with Gasteiger partial charge >= 0.3 is 6.18 Å². The van der Waals surface area contributed by atoms with E-state index in [2.05, 4.69) is 5.32 Å². The minimum Gasteiger partial charge on any atom is -0.463 e. The average Bonchev–Trinajstić information content (AvgIpc) is 3.27. The number of hydrogen-bond donors (Lipinski definition) is 1. The number of amides is 1. The van der Waals surface area contributed by atoms with Gasteiger partial charge in [0.05, 0.1) is 28.1 Å². The number of fused-ring (bicyclic) bond motifs is 1. The number of alkyl halides is 3. The fraction of sp³-hybridized carbons (Fsp3) is 0.136. The number of nitrogens with one attached hydrogen (secondary N) is 1. The van der Waals surface area contributed by atoms with E-state index in [0.717, 1.165) is 29.3 Å². The molecule has 0 aliphatic carbocycles. The molecule has 0 atom stereocenters. The van der Waals surface area contributed by atoms with Crippen LogP contribution in [0.15, 0.2) is 65.3 Å². The summed E-state index contributed by atoms with van der Waals surface area (Å²) in [7, 11) is 0. The van der Waals surface area contributed by atoms with Crippen molar-refractivity contribution < 1.29 is 22.4 Å². The molecule has 0 saturated heterocycles. The lowest BCUT2D eigenvalue weighted by Crippen LogP contribution is -2.18. The number of aromatic nitrogens is 1. The van der Waals surface area contributed by atoms with Crippen molar-refractivity contribution >= 4 is 34.3 Å². The summed E-state index contributed by atoms with van der Waals surface area (Å²) < 4.78 is 46.2. The van der Waals surface area contributed by atoms with Crippen LogP contribution in [-0.2, 0) is 12.7 Å². The monoisotopic (exact) mass is 432 g/mol. The van der Waals surface area contributed by atoms with Crippen molar-refractivity contribution in [1.29, 1.82) is 0 Å². The predicted molar refractivity (Wildman–Crippen MR) is 109 cm³/mol. The van der Waals surface area contributed by atoms with Gasteiger partial charge in [-0.25, -0.2) is 0 Å². The number of furan rings is 1. The van der Waals surface area contributed by atoms with E-state index in [1.807, 2.05) is 31.2 Å². The van der Waals surface area contributed by atoms with Gasteiger partial charge in [0.15, 0.2) is 5.58 Å². The van der Waals surface area contributed by atoms with E-state index in [9.17, 15) is 18.0 Å². The summed E-state index contributed by atoms with van der Waals surface area (Å²) in [6.07, 6.45) is -3.03. The van der Waals surface area contributed by atoms with Crippen LogP contribution in [0.25, 0.3) is 11.1 Å². The van der Waals surface area contributed by atoms with Gasteiger partial charge in [-0.05, 0) is 30.7 Å². The first-order valence-electron chi connectivity index (χ1n) is 9.03. The fourth-order valence-electron chi connectivity index (χ4n) is 3.20. The Morgan fingerprint density at radius 1 is 1.10 bits per heavy atom. The van der Waals surface area contributed by atoms with Gasteiger partial charge in [-0.15, -0.1) is 0 Å². The number of carbonyl (C=O) groups is 1. The lowest BCUT2D eigenvalue weighted by Gasteiger charge is -2.13. The highest BCUT2D eigenvalue weighted by atomic mass is 35.5. The maximum Gasteiger partial charge on any atom is 0.416 e. The van der Waals surface area contributed by atoms with E-state index in [1.54, 1.807) is 16.7 Å². The molecule has 4 nitrogen and oxygen atoms in total. The highest BCUT2D eigenvalue weighted by Crippen LogP contribution is 2.34. The number of aryl methyl sites for hydroxylation is 1. The van der Waals surface area contributed by atoms with Crippen LogP contribution in [-0.4, -0.2) is 10.5 Å². The largest absolute Gasteiger partial charge is 0.463 e. The number of halogens is 4. The summed E-state index contributed by atoms with van der Waals surface area (Å²) in [4.78, 5) is 12.9. The number of rotatable bonds is 4. The highest BCUT2D eigenvalue weighted by Gasteiger charge is 2.31. The van der Waals surface area contributed by atoms with E-state index in [0.29, 0.717) is 17.6 Å². The highest BCUT2D eigenvalue weighted by molar-refractivity contribution is 6.34. The molecule has 0 bridgehead atoms. The normalized spacial score (nSPS) is 11.8. The maximum absolute atomic E-state index is 13.0. The molecule has 2 aromatic carbocycles. The van der Waals surface area contributed by atoms with Crippen LogP contribution in [0.2, 0.25) is 5.02 Å². The van der Waals surface area contributed by atoms with Crippen LogP contribution in [0.5, 0.6) is 0 Å². The quantitative estimate of drug-likeness (QED) is 0.399. The molecule has 0 aliphatic heterocycles. The molecule has 1 amide bonds. The van der Waals surface area contributed by atoms with Gasteiger partial charge in [0, 0.05) is 18.7 Å². The summed E-state index contributed by atoms with van der Waals surface area (Å²) in [6, 6.07) is 13.9. The van der Waals surface area contributed by atoms with Gasteiger partial charge in [-0.1, -0.05) is 41.4 Å². The average molecular weight is 433 g/mol. The Morgan fingerprint density at radius 2 is 1.83 bits per heavy atom. The standard InChI is InChI=1S/C22H16ClF3N2O2/c1-13-2-4-14(5-3-13)12-28-18-8-9-30-20(18)11-19(28)21(29)27-17-10-15(22(24,25)26)6-7-16(17)23/h2-11H,12H2,1H3,(H,27,29). The first-order valence-corrected chi connectivity index (χ1v) is 9.40. The minimum atomic E-state index is -4.55. The molecule has 0 aliphatic rings. The van der Waals surface area contributed by atoms with Gasteiger partial charge in [-0.2, -0.15) is 13.2 Å². The third kappa shape index (κ3) is 3.93. The molecular formula is C22H16ClF3N2O2. The minimum absolute atomic E-state index is 0.0108. The molecule has 4 rings (SSSR count). The summed E-state index contributed by atoms with van der Waals surface area (Å²) >= 11 is 6.01. The molecule has 2 aromatic heterocycles. The second-order valence-electron chi connectivity index (χ2n) is 6.92. The van der Waals surface area contributed by atoms with Crippen LogP contribution in [0.4, 0.5) is 18.9 Å². The maximum atomic E-state index is 13.0. The molecule has 154 valence electrons. The van der Waals surface area contributed by atoms with E-state index in [-0.39, 0.29) is 16.4 Å². The van der Waals surface area contributed by atoms with E-state index in [4.69, 9.17) is 16.0 Å². The lowest BCUT2D eigenvalue weighted by molar-refractivity contribution is -0.137. The number of carbonyl (C=O) groups excluding carboxylic acids is 1. The second kappa shape index (κ2) is 7.57. The topological polar surface area (TPSA) is 47.2 Å². The van der Waals surface area contributed by atoms with Crippen molar-refractivity contribution in [3.8, 4) is 0 Å². The molecule has 0 radical (unpaired) electrons. The molecule has 0 fully saturated rings. The Bertz CT molecular complexity index is 1220. The Labute approximate surface area is 174 Å². The third-order valence-corrected chi connectivity index (χ3v) is 5.09. The van der Waals surface area contributed by atoms with Crippen LogP contribution >= 0.6 is 11.6 Å². The van der Waals surface area contributed by atoms with Crippen molar-refractivity contribution in [3.63, 3.8) is 0 Å². The Balaban J connectivity index is 1.69. The first-order chi connectivity index (χ1) is 14.2. The van der Waals surface area contributed by atoms with Gasteiger partial charge < -0.3 is 14.3 Å². The van der Waals surface area contributed by atoms with Crippen molar-refractivity contribution in [3.05, 3.63) is 88.3 Å². The molecule has 30 heavy (non-hydrogen) atoms. The van der Waals surface area contributed by atoms with Crippen LogP contribution < -0.4 is 5.32 Å². The Hall–Kier alpha value is -3.19. The molecule has 8 heteroatoms. The van der Waals surface area contributed by atoms with Crippen molar-refractivity contribution in [2.75, 3.05) is 5.32 Å². The molecule has 0 unspecified atom stereocenters. The van der Waals surface area contributed by atoms with Crippen molar-refractivity contribution in [2.45, 2.75) is 19.6 Å². The van der Waals surface area contributed by atoms with Gasteiger partial charge in [0.2, 0.25) is 0 Å². The van der Waals surface area contributed by atoms with E-state index >= 15 is 0 Å². The lowest BCUT2D eigenvalue weighted by atomic mass is 10.1. The predicted octanol–water partition coefficient (Wildman–Crippen LogP) is 6.52. The summed E-state index contributed by atoms with van der Waals surface area (Å²) in [5, 5.41) is 2.50. The molecule has 4 aromatic rings. The number of nitrogens with zero attached hydrogens (tertiary/aromatic N) is 1. The Morgan fingerprint density at radius 3 is 2.53 bits per heavy atom. The van der Waals surface area contributed by atoms with Crippen molar-refractivity contribution in [2.24, 2.45) is 0 Å². The van der Waals surface area contributed by atoms with Gasteiger partial charge in [0.1, 0.15) is 5.69 Å². The van der Waals surface area contributed by atoms with Crippen molar-refractivity contribution in [1.82, 2.24) is 4.57 Å². The van der Waals surface area contributed by atoms with E-state index < -0.39 is 17.6 Å². The second-order valence-corrected chi connectivity index (χ2v) is 7.33. The Kier molecular flexibility index (Phi) is 5.07. The van der Waals surface area contributed by atoms with Gasteiger partial charge in [0.25, 0.3) is 5.91 Å². The zero-order valence-electron chi connectivity index (χ0n) is 15.8. The number of benzene rings is 2. The SMILES string of the molecule is Cc1ccc(Cn2c(C(=O)Nc3cc(C(F)(F)F)ccc3Cl)cc3occc32)cc1. The summed E-state index contributed by atoms with van der Waals surface area (Å²) in [6.45, 7) is 2.37. The number of hydrogen-bond acceptors (Lipinski definition) is 2. The third-order valence-electron chi connectivity index (χ3n) is 4.76. The molecule has 0 saturated carbocycles. The van der Waals surface area contributed by atoms with Gasteiger partial charge in [-0.3, -0.25) is 4.79 Å². The summed E-state index contributed by atoms with van der Waals surface area (Å²) in [5.74, 6) is -0.588. The van der Waals surface area contributed by atoms with Crippen LogP contribution in [0, 0.1) is 6.92 Å². The molecule has 1 N–H and O–H groups in total. The molecule has 2 heterocycles. The smallest absolute Gasteiger partial charge is 0.416 e. The first kappa shape index (κ1) is 20.1.